The molecule has 102 valence electrons. The van der Waals surface area contributed by atoms with Crippen LogP contribution in [0, 0.1) is 11.6 Å². The standard InChI is InChI=1S/C11H6F5NO2/c12-6-2-4-1-5(10(18)19)9(11(14,15)16)17-8(4)3-7(6)13/h1-3,9,17H,(H,18,19)/t9-/m0/s1. The van der Waals surface area contributed by atoms with Gasteiger partial charge in [0.05, 0.1) is 5.57 Å². The van der Waals surface area contributed by atoms with Crippen LogP contribution in [-0.2, 0) is 4.79 Å². The van der Waals surface area contributed by atoms with Crippen LogP contribution in [0.2, 0.25) is 0 Å². The smallest absolute Gasteiger partial charge is 0.413 e. The number of benzene rings is 1. The van der Waals surface area contributed by atoms with E-state index >= 15 is 0 Å². The van der Waals surface area contributed by atoms with Crippen molar-refractivity contribution >= 4 is 17.7 Å². The Morgan fingerprint density at radius 2 is 1.79 bits per heavy atom. The fourth-order valence-electron chi connectivity index (χ4n) is 1.73. The lowest BCUT2D eigenvalue weighted by Crippen LogP contribution is -2.42. The summed E-state index contributed by atoms with van der Waals surface area (Å²) in [7, 11) is 0. The summed E-state index contributed by atoms with van der Waals surface area (Å²) in [5, 5.41) is 10.6. The maximum atomic E-state index is 13.0. The van der Waals surface area contributed by atoms with E-state index in [0.29, 0.717) is 18.2 Å². The van der Waals surface area contributed by atoms with Crippen LogP contribution in [0.1, 0.15) is 5.56 Å². The molecule has 3 nitrogen and oxygen atoms in total. The van der Waals surface area contributed by atoms with Crippen molar-refractivity contribution in [2.45, 2.75) is 12.2 Å². The Morgan fingerprint density at radius 3 is 2.32 bits per heavy atom. The zero-order valence-electron chi connectivity index (χ0n) is 9.05. The molecule has 0 unspecified atom stereocenters. The maximum Gasteiger partial charge on any atom is 0.413 e. The Hall–Kier alpha value is -2.12. The minimum Gasteiger partial charge on any atom is -0.478 e. The van der Waals surface area contributed by atoms with Crippen molar-refractivity contribution in [2.24, 2.45) is 0 Å². The van der Waals surface area contributed by atoms with Crippen LogP contribution in [0.3, 0.4) is 0 Å². The van der Waals surface area contributed by atoms with E-state index in [-0.39, 0.29) is 11.3 Å². The summed E-state index contributed by atoms with van der Waals surface area (Å²) in [6.07, 6.45) is -4.19. The van der Waals surface area contributed by atoms with Crippen molar-refractivity contribution in [1.82, 2.24) is 0 Å². The number of carbonyl (C=O) groups is 1. The summed E-state index contributed by atoms with van der Waals surface area (Å²) < 4.78 is 64.0. The van der Waals surface area contributed by atoms with E-state index in [0.717, 1.165) is 0 Å². The van der Waals surface area contributed by atoms with Crippen molar-refractivity contribution in [3.05, 3.63) is 34.9 Å². The first-order valence-corrected chi connectivity index (χ1v) is 4.97. The number of hydrogen-bond acceptors (Lipinski definition) is 2. The predicted octanol–water partition coefficient (Wildman–Crippen LogP) is 2.79. The summed E-state index contributed by atoms with van der Waals surface area (Å²) in [5.74, 6) is -4.38. The van der Waals surface area contributed by atoms with Gasteiger partial charge in [0, 0.05) is 17.3 Å². The van der Waals surface area contributed by atoms with E-state index in [4.69, 9.17) is 5.11 Å². The average molecular weight is 279 g/mol. The molecule has 0 saturated carbocycles. The fraction of sp³-hybridized carbons (Fsp3) is 0.182. The first kappa shape index (κ1) is 13.3. The highest BCUT2D eigenvalue weighted by Crippen LogP contribution is 2.36. The van der Waals surface area contributed by atoms with Crippen LogP contribution in [0.25, 0.3) is 6.08 Å². The van der Waals surface area contributed by atoms with Crippen LogP contribution >= 0.6 is 0 Å². The molecule has 0 bridgehead atoms. The van der Waals surface area contributed by atoms with Gasteiger partial charge in [-0.3, -0.25) is 0 Å². The van der Waals surface area contributed by atoms with Gasteiger partial charge in [0.15, 0.2) is 17.7 Å². The molecule has 0 spiro atoms. The lowest BCUT2D eigenvalue weighted by Gasteiger charge is -2.28. The summed E-state index contributed by atoms with van der Waals surface area (Å²) in [5.41, 5.74) is -1.45. The molecule has 1 heterocycles. The van der Waals surface area contributed by atoms with Gasteiger partial charge in [0.1, 0.15) is 0 Å². The Kier molecular flexibility index (Phi) is 2.95. The first-order valence-electron chi connectivity index (χ1n) is 4.97. The molecule has 1 aliphatic heterocycles. The Balaban J connectivity index is 2.57. The number of carboxylic acid groups (broad SMARTS) is 1. The molecule has 1 aromatic rings. The van der Waals surface area contributed by atoms with Crippen LogP contribution in [0.5, 0.6) is 0 Å². The van der Waals surface area contributed by atoms with Gasteiger partial charge >= 0.3 is 12.1 Å². The van der Waals surface area contributed by atoms with Crippen molar-refractivity contribution in [3.8, 4) is 0 Å². The van der Waals surface area contributed by atoms with Crippen LogP contribution in [0.4, 0.5) is 27.6 Å². The van der Waals surface area contributed by atoms with Gasteiger partial charge < -0.3 is 10.4 Å². The number of nitrogens with one attached hydrogen (secondary N) is 1. The number of fused-ring (bicyclic) bond motifs is 1. The van der Waals surface area contributed by atoms with Crippen molar-refractivity contribution in [1.29, 1.82) is 0 Å². The topological polar surface area (TPSA) is 49.3 Å². The zero-order chi connectivity index (χ0) is 14.4. The van der Waals surface area contributed by atoms with Crippen molar-refractivity contribution < 1.29 is 31.9 Å². The maximum absolute atomic E-state index is 13.0. The molecule has 1 aromatic carbocycles. The van der Waals surface area contributed by atoms with Gasteiger partial charge in [-0.25, -0.2) is 13.6 Å². The van der Waals surface area contributed by atoms with Crippen LogP contribution in [0.15, 0.2) is 17.7 Å². The normalized spacial score (nSPS) is 18.4. The monoisotopic (exact) mass is 279 g/mol. The van der Waals surface area contributed by atoms with E-state index < -0.39 is 35.4 Å². The average Bonchev–Trinajstić information content (AvgIpc) is 2.27. The van der Waals surface area contributed by atoms with E-state index in [1.54, 1.807) is 0 Å². The highest BCUT2D eigenvalue weighted by Gasteiger charge is 2.46. The summed E-state index contributed by atoms with van der Waals surface area (Å²) in [6, 6.07) is -1.28. The third-order valence-electron chi connectivity index (χ3n) is 2.59. The molecule has 19 heavy (non-hydrogen) atoms. The fourth-order valence-corrected chi connectivity index (χ4v) is 1.73. The largest absolute Gasteiger partial charge is 0.478 e. The summed E-state index contributed by atoms with van der Waals surface area (Å²) in [6.45, 7) is 0. The number of alkyl halides is 3. The second-order valence-corrected chi connectivity index (χ2v) is 3.88. The summed E-state index contributed by atoms with van der Waals surface area (Å²) in [4.78, 5) is 10.8. The van der Waals surface area contributed by atoms with E-state index in [1.807, 2.05) is 5.32 Å². The Morgan fingerprint density at radius 1 is 1.21 bits per heavy atom. The number of halogens is 5. The zero-order valence-corrected chi connectivity index (χ0v) is 9.05. The van der Waals surface area contributed by atoms with Gasteiger partial charge in [-0.1, -0.05) is 0 Å². The van der Waals surface area contributed by atoms with E-state index in [1.165, 1.54) is 0 Å². The lowest BCUT2D eigenvalue weighted by atomic mass is 9.97. The SMILES string of the molecule is O=C(O)C1=Cc2cc(F)c(F)cc2N[C@@H]1C(F)(F)F. The molecule has 0 saturated heterocycles. The second kappa shape index (κ2) is 4.22. The quantitative estimate of drug-likeness (QED) is 0.777. The van der Waals surface area contributed by atoms with E-state index in [9.17, 15) is 26.7 Å². The van der Waals surface area contributed by atoms with Crippen LogP contribution < -0.4 is 5.32 Å². The molecule has 1 aliphatic rings. The van der Waals surface area contributed by atoms with Gasteiger partial charge in [-0.15, -0.1) is 0 Å². The molecule has 8 heteroatoms. The molecule has 0 fully saturated rings. The number of carboxylic acids is 1. The van der Waals surface area contributed by atoms with Crippen LogP contribution in [-0.4, -0.2) is 23.3 Å². The second-order valence-electron chi connectivity index (χ2n) is 3.88. The number of aliphatic carboxylic acids is 1. The summed E-state index contributed by atoms with van der Waals surface area (Å²) >= 11 is 0. The number of rotatable bonds is 1. The third-order valence-corrected chi connectivity index (χ3v) is 2.59. The molecular weight excluding hydrogens is 273 g/mol. The molecule has 0 radical (unpaired) electrons. The predicted molar refractivity (Wildman–Crippen MR) is 55.4 cm³/mol. The van der Waals surface area contributed by atoms with Crippen molar-refractivity contribution in [3.63, 3.8) is 0 Å². The highest BCUT2D eigenvalue weighted by atomic mass is 19.4. The third kappa shape index (κ3) is 2.38. The number of hydrogen-bond donors (Lipinski definition) is 2. The molecule has 0 amide bonds. The first-order chi connectivity index (χ1) is 8.70. The Labute approximate surface area is 103 Å². The van der Waals surface area contributed by atoms with Gasteiger partial charge in [-0.2, -0.15) is 13.2 Å². The molecule has 0 aliphatic carbocycles. The van der Waals surface area contributed by atoms with E-state index in [2.05, 4.69) is 0 Å². The van der Waals surface area contributed by atoms with Gasteiger partial charge in [0.25, 0.3) is 0 Å². The molecule has 2 rings (SSSR count). The minimum atomic E-state index is -4.87. The Bertz CT molecular complexity index is 579. The molecular formula is C11H6F5NO2. The van der Waals surface area contributed by atoms with Gasteiger partial charge in [0.2, 0.25) is 0 Å². The molecule has 0 aromatic heterocycles. The van der Waals surface area contributed by atoms with Gasteiger partial charge in [-0.05, 0) is 12.1 Å². The number of anilines is 1. The molecule has 1 atom stereocenters. The molecule has 2 N–H and O–H groups in total. The lowest BCUT2D eigenvalue weighted by molar-refractivity contribution is -0.146. The highest BCUT2D eigenvalue weighted by molar-refractivity contribution is 5.97. The minimum absolute atomic E-state index is 0.156. The van der Waals surface area contributed by atoms with Crippen molar-refractivity contribution in [2.75, 3.05) is 5.32 Å².